The lowest BCUT2D eigenvalue weighted by atomic mass is 9.98. The topological polar surface area (TPSA) is 92.6 Å². The van der Waals surface area contributed by atoms with Crippen molar-refractivity contribution in [3.05, 3.63) is 89.6 Å². The van der Waals surface area contributed by atoms with E-state index < -0.39 is 5.97 Å². The number of amides is 1. The lowest BCUT2D eigenvalue weighted by Gasteiger charge is -2.17. The van der Waals surface area contributed by atoms with Crippen LogP contribution in [0.4, 0.5) is 0 Å². The minimum Gasteiger partial charge on any atom is -0.497 e. The van der Waals surface area contributed by atoms with Crippen LogP contribution in [-0.4, -0.2) is 52.1 Å². The number of hydrogen-bond donors (Lipinski definition) is 1. The van der Waals surface area contributed by atoms with E-state index in [1.807, 2.05) is 65.6 Å². The summed E-state index contributed by atoms with van der Waals surface area (Å²) in [5.41, 5.74) is 5.81. The van der Waals surface area contributed by atoms with Crippen molar-refractivity contribution in [1.29, 1.82) is 0 Å². The third-order valence-corrected chi connectivity index (χ3v) is 7.15. The van der Waals surface area contributed by atoms with Crippen LogP contribution in [0.15, 0.2) is 72.8 Å². The van der Waals surface area contributed by atoms with Gasteiger partial charge in [0.25, 0.3) is 5.91 Å². The summed E-state index contributed by atoms with van der Waals surface area (Å²) in [6.07, 6.45) is 2.95. The van der Waals surface area contributed by atoms with Gasteiger partial charge in [-0.2, -0.15) is 0 Å². The number of aromatic nitrogens is 2. The zero-order valence-electron chi connectivity index (χ0n) is 21.5. The SMILES string of the molecule is COc1ccc(C2CCN(C(=O)c3ccc4nc(-c5ccccc5)c(CCCCC(=O)O)nc4c3)C2)cc1. The van der Waals surface area contributed by atoms with Crippen molar-refractivity contribution in [3.8, 4) is 17.0 Å². The van der Waals surface area contributed by atoms with Crippen LogP contribution < -0.4 is 4.74 Å². The number of carbonyl (C=O) groups is 2. The number of aryl methyl sites for hydroxylation is 1. The number of fused-ring (bicyclic) bond motifs is 1. The smallest absolute Gasteiger partial charge is 0.303 e. The van der Waals surface area contributed by atoms with E-state index in [2.05, 4.69) is 12.1 Å². The molecule has 0 saturated carbocycles. The number of aliphatic carboxylic acids is 1. The number of likely N-dealkylation sites (tertiary alicyclic amines) is 1. The number of methoxy groups -OCH3 is 1. The number of ether oxygens (including phenoxy) is 1. The molecule has 0 aliphatic carbocycles. The van der Waals surface area contributed by atoms with Gasteiger partial charge in [0.2, 0.25) is 0 Å². The second kappa shape index (κ2) is 11.4. The van der Waals surface area contributed by atoms with E-state index >= 15 is 0 Å². The van der Waals surface area contributed by atoms with Gasteiger partial charge < -0.3 is 14.7 Å². The lowest BCUT2D eigenvalue weighted by Crippen LogP contribution is -2.28. The molecule has 1 aliphatic heterocycles. The summed E-state index contributed by atoms with van der Waals surface area (Å²) in [5, 5.41) is 8.99. The van der Waals surface area contributed by atoms with Crippen molar-refractivity contribution < 1.29 is 19.4 Å². The molecule has 38 heavy (non-hydrogen) atoms. The van der Waals surface area contributed by atoms with Crippen molar-refractivity contribution in [2.45, 2.75) is 38.0 Å². The molecule has 194 valence electrons. The average Bonchev–Trinajstić information content (AvgIpc) is 3.45. The molecule has 1 aromatic heterocycles. The average molecular weight is 510 g/mol. The number of benzene rings is 3. The van der Waals surface area contributed by atoms with Crippen LogP contribution in [0.5, 0.6) is 5.75 Å². The molecule has 1 aliphatic rings. The minimum atomic E-state index is -0.794. The van der Waals surface area contributed by atoms with Crippen LogP contribution in [-0.2, 0) is 11.2 Å². The molecule has 1 unspecified atom stereocenters. The third-order valence-electron chi connectivity index (χ3n) is 7.15. The fraction of sp³-hybridized carbons (Fsp3) is 0.290. The van der Waals surface area contributed by atoms with Crippen LogP contribution in [0.2, 0.25) is 0 Å². The van der Waals surface area contributed by atoms with Gasteiger partial charge in [-0.3, -0.25) is 9.59 Å². The van der Waals surface area contributed by atoms with Crippen molar-refractivity contribution in [2.75, 3.05) is 20.2 Å². The molecule has 1 N–H and O–H groups in total. The summed E-state index contributed by atoms with van der Waals surface area (Å²) in [4.78, 5) is 36.1. The molecule has 5 rings (SSSR count). The predicted molar refractivity (Wildman–Crippen MR) is 146 cm³/mol. The van der Waals surface area contributed by atoms with Gasteiger partial charge in [0.15, 0.2) is 0 Å². The maximum absolute atomic E-state index is 13.4. The highest BCUT2D eigenvalue weighted by atomic mass is 16.5. The maximum Gasteiger partial charge on any atom is 0.303 e. The Hall–Kier alpha value is -4.26. The predicted octanol–water partition coefficient (Wildman–Crippen LogP) is 5.73. The molecule has 1 amide bonds. The van der Waals surface area contributed by atoms with Crippen molar-refractivity contribution in [3.63, 3.8) is 0 Å². The third kappa shape index (κ3) is 5.67. The number of carboxylic acids is 1. The second-order valence-corrected chi connectivity index (χ2v) is 9.70. The van der Waals surface area contributed by atoms with Crippen molar-refractivity contribution in [2.24, 2.45) is 0 Å². The highest BCUT2D eigenvalue weighted by Gasteiger charge is 2.28. The number of rotatable bonds is 9. The summed E-state index contributed by atoms with van der Waals surface area (Å²) >= 11 is 0. The normalized spacial score (nSPS) is 15.1. The Bertz CT molecular complexity index is 1440. The van der Waals surface area contributed by atoms with E-state index in [9.17, 15) is 9.59 Å². The number of unbranched alkanes of at least 4 members (excludes halogenated alkanes) is 1. The first-order chi connectivity index (χ1) is 18.5. The van der Waals surface area contributed by atoms with E-state index in [1.54, 1.807) is 7.11 Å². The molecular weight excluding hydrogens is 478 g/mol. The molecule has 1 saturated heterocycles. The molecule has 2 heterocycles. The molecule has 3 aromatic carbocycles. The monoisotopic (exact) mass is 509 g/mol. The second-order valence-electron chi connectivity index (χ2n) is 9.70. The van der Waals surface area contributed by atoms with E-state index in [0.717, 1.165) is 34.6 Å². The number of hydrogen-bond acceptors (Lipinski definition) is 5. The Morgan fingerprint density at radius 3 is 2.50 bits per heavy atom. The van der Waals surface area contributed by atoms with E-state index in [0.29, 0.717) is 49.4 Å². The Morgan fingerprint density at radius 1 is 0.974 bits per heavy atom. The van der Waals surface area contributed by atoms with E-state index in [1.165, 1.54) is 5.56 Å². The Morgan fingerprint density at radius 2 is 1.76 bits per heavy atom. The molecule has 7 nitrogen and oxygen atoms in total. The van der Waals surface area contributed by atoms with Gasteiger partial charge in [-0.25, -0.2) is 9.97 Å². The standard InChI is InChI=1S/C31H31N3O4/c1-38-25-14-11-21(12-15-25)24-17-18-34(20-24)31(37)23-13-16-26-28(19-23)32-27(9-5-6-10-29(35)36)30(33-26)22-7-3-2-4-8-22/h2-4,7-8,11-16,19,24H,5-6,9-10,17-18,20H2,1H3,(H,35,36). The first-order valence-corrected chi connectivity index (χ1v) is 13.0. The van der Waals surface area contributed by atoms with Gasteiger partial charge in [-0.1, -0.05) is 42.5 Å². The zero-order valence-corrected chi connectivity index (χ0v) is 21.5. The van der Waals surface area contributed by atoms with E-state index in [-0.39, 0.29) is 12.3 Å². The number of carboxylic acid groups (broad SMARTS) is 1. The molecule has 0 radical (unpaired) electrons. The van der Waals surface area contributed by atoms with Crippen LogP contribution in [0.3, 0.4) is 0 Å². The van der Waals surface area contributed by atoms with Gasteiger partial charge in [0, 0.05) is 36.6 Å². The molecular formula is C31H31N3O4. The fourth-order valence-corrected chi connectivity index (χ4v) is 5.07. The zero-order chi connectivity index (χ0) is 26.5. The summed E-state index contributed by atoms with van der Waals surface area (Å²) in [7, 11) is 1.66. The molecule has 0 bridgehead atoms. The summed E-state index contributed by atoms with van der Waals surface area (Å²) in [5.74, 6) is 0.335. The lowest BCUT2D eigenvalue weighted by molar-refractivity contribution is -0.137. The fourth-order valence-electron chi connectivity index (χ4n) is 5.07. The van der Waals surface area contributed by atoms with Gasteiger partial charge in [0.05, 0.1) is 29.5 Å². The van der Waals surface area contributed by atoms with Crippen LogP contribution in [0.25, 0.3) is 22.3 Å². The van der Waals surface area contributed by atoms with Gasteiger partial charge in [-0.15, -0.1) is 0 Å². The van der Waals surface area contributed by atoms with Crippen LogP contribution in [0.1, 0.15) is 53.2 Å². The van der Waals surface area contributed by atoms with Crippen molar-refractivity contribution in [1.82, 2.24) is 14.9 Å². The largest absolute Gasteiger partial charge is 0.497 e. The van der Waals surface area contributed by atoms with Crippen LogP contribution >= 0.6 is 0 Å². The number of nitrogens with zero attached hydrogens (tertiary/aromatic N) is 3. The molecule has 1 fully saturated rings. The first-order valence-electron chi connectivity index (χ1n) is 13.0. The summed E-state index contributed by atoms with van der Waals surface area (Å²) < 4.78 is 5.26. The molecule has 4 aromatic rings. The molecule has 7 heteroatoms. The van der Waals surface area contributed by atoms with E-state index in [4.69, 9.17) is 19.8 Å². The first kappa shape index (κ1) is 25.4. The van der Waals surface area contributed by atoms with Gasteiger partial charge in [0.1, 0.15) is 5.75 Å². The molecule has 1 atom stereocenters. The Kier molecular flexibility index (Phi) is 7.63. The highest BCUT2D eigenvalue weighted by molar-refractivity contribution is 5.97. The summed E-state index contributed by atoms with van der Waals surface area (Å²) in [6.45, 7) is 1.39. The maximum atomic E-state index is 13.4. The Balaban J connectivity index is 1.38. The Labute approximate surface area is 222 Å². The molecule has 0 spiro atoms. The van der Waals surface area contributed by atoms with Gasteiger partial charge >= 0.3 is 5.97 Å². The van der Waals surface area contributed by atoms with Gasteiger partial charge in [-0.05, 0) is 61.6 Å². The number of carbonyl (C=O) groups excluding carboxylic acids is 1. The minimum absolute atomic E-state index is 0.000134. The highest BCUT2D eigenvalue weighted by Crippen LogP contribution is 2.30. The summed E-state index contributed by atoms with van der Waals surface area (Å²) in [6, 6.07) is 23.5. The van der Waals surface area contributed by atoms with Crippen molar-refractivity contribution >= 4 is 22.9 Å². The quantitative estimate of drug-likeness (QED) is 0.290. The van der Waals surface area contributed by atoms with Crippen LogP contribution in [0, 0.1) is 0 Å².